The van der Waals surface area contributed by atoms with Crippen LogP contribution in [0.15, 0.2) is 18.5 Å². The lowest BCUT2D eigenvalue weighted by Gasteiger charge is -2.22. The predicted octanol–water partition coefficient (Wildman–Crippen LogP) is 2.06. The van der Waals surface area contributed by atoms with Crippen molar-refractivity contribution in [3.05, 3.63) is 24.0 Å². The number of aromatic nitrogens is 1. The quantitative estimate of drug-likeness (QED) is 0.727. The molecule has 1 fully saturated rings. The minimum Gasteiger partial charge on any atom is -0.378 e. The number of aromatic amines is 1. The monoisotopic (exact) mass is 208 g/mol. The van der Waals surface area contributed by atoms with Crippen LogP contribution < -0.4 is 5.32 Å². The van der Waals surface area contributed by atoms with E-state index >= 15 is 0 Å². The predicted molar refractivity (Wildman–Crippen MR) is 60.7 cm³/mol. The third kappa shape index (κ3) is 3.68. The lowest BCUT2D eigenvalue weighted by molar-refractivity contribution is 0.0115. The maximum Gasteiger partial charge on any atom is 0.0587 e. The maximum atomic E-state index is 5.67. The average molecular weight is 208 g/mol. The van der Waals surface area contributed by atoms with E-state index in [0.29, 0.717) is 6.10 Å². The highest BCUT2D eigenvalue weighted by atomic mass is 16.5. The Balaban J connectivity index is 1.54. The number of hydrogen-bond donors (Lipinski definition) is 2. The molecular formula is C12H20N2O. The molecule has 1 atom stereocenters. The van der Waals surface area contributed by atoms with Gasteiger partial charge >= 0.3 is 0 Å². The molecule has 0 aromatic carbocycles. The van der Waals surface area contributed by atoms with Crippen molar-refractivity contribution in [1.82, 2.24) is 10.3 Å². The fraction of sp³-hybridized carbons (Fsp3) is 0.667. The Morgan fingerprint density at radius 3 is 3.20 bits per heavy atom. The maximum absolute atomic E-state index is 5.67. The molecule has 3 nitrogen and oxygen atoms in total. The highest BCUT2D eigenvalue weighted by Crippen LogP contribution is 2.14. The molecule has 2 rings (SSSR count). The van der Waals surface area contributed by atoms with Gasteiger partial charge in [-0.25, -0.2) is 0 Å². The summed E-state index contributed by atoms with van der Waals surface area (Å²) >= 11 is 0. The standard InChI is InChI=1S/C12H20N2O/c1-2-8-15-12(3-1)5-7-14-10-11-4-6-13-9-11/h4,6,9,12-14H,1-3,5,7-8,10H2. The van der Waals surface area contributed by atoms with E-state index in [1.807, 2.05) is 12.4 Å². The van der Waals surface area contributed by atoms with Crippen LogP contribution in [-0.2, 0) is 11.3 Å². The summed E-state index contributed by atoms with van der Waals surface area (Å²) < 4.78 is 5.67. The normalized spacial score (nSPS) is 21.7. The second-order valence-corrected chi connectivity index (χ2v) is 4.17. The zero-order chi connectivity index (χ0) is 10.3. The summed E-state index contributed by atoms with van der Waals surface area (Å²) in [5, 5.41) is 3.44. The van der Waals surface area contributed by atoms with Gasteiger partial charge in [-0.2, -0.15) is 0 Å². The lowest BCUT2D eigenvalue weighted by atomic mass is 10.1. The zero-order valence-corrected chi connectivity index (χ0v) is 9.17. The fourth-order valence-corrected chi connectivity index (χ4v) is 2.00. The van der Waals surface area contributed by atoms with Gasteiger partial charge in [0, 0.05) is 25.5 Å². The van der Waals surface area contributed by atoms with Gasteiger partial charge in [0.15, 0.2) is 0 Å². The molecule has 2 N–H and O–H groups in total. The second kappa shape index (κ2) is 5.93. The Labute approximate surface area is 91.2 Å². The molecule has 1 unspecified atom stereocenters. The molecule has 1 saturated heterocycles. The van der Waals surface area contributed by atoms with Gasteiger partial charge in [-0.3, -0.25) is 0 Å². The summed E-state index contributed by atoms with van der Waals surface area (Å²) in [6.07, 6.45) is 9.45. The van der Waals surface area contributed by atoms with Gasteiger partial charge in [-0.1, -0.05) is 0 Å². The van der Waals surface area contributed by atoms with Crippen LogP contribution in [0.1, 0.15) is 31.2 Å². The number of nitrogens with one attached hydrogen (secondary N) is 2. The molecule has 1 aromatic heterocycles. The van der Waals surface area contributed by atoms with Gasteiger partial charge < -0.3 is 15.0 Å². The van der Waals surface area contributed by atoms with Gasteiger partial charge in [-0.05, 0) is 43.9 Å². The van der Waals surface area contributed by atoms with Gasteiger partial charge in [0.25, 0.3) is 0 Å². The number of H-pyrrole nitrogens is 1. The molecule has 0 radical (unpaired) electrons. The average Bonchev–Trinajstić information content (AvgIpc) is 2.79. The van der Waals surface area contributed by atoms with Crippen molar-refractivity contribution in [3.63, 3.8) is 0 Å². The van der Waals surface area contributed by atoms with Crippen molar-refractivity contribution in [2.75, 3.05) is 13.2 Å². The van der Waals surface area contributed by atoms with Gasteiger partial charge in [0.2, 0.25) is 0 Å². The molecule has 15 heavy (non-hydrogen) atoms. The first-order chi connectivity index (χ1) is 7.45. The largest absolute Gasteiger partial charge is 0.378 e. The first kappa shape index (κ1) is 10.7. The molecule has 0 saturated carbocycles. The van der Waals surface area contributed by atoms with Crippen molar-refractivity contribution >= 4 is 0 Å². The Morgan fingerprint density at radius 2 is 2.47 bits per heavy atom. The van der Waals surface area contributed by atoms with E-state index in [-0.39, 0.29) is 0 Å². The van der Waals surface area contributed by atoms with Crippen molar-refractivity contribution in [1.29, 1.82) is 0 Å². The van der Waals surface area contributed by atoms with Crippen LogP contribution in [0.5, 0.6) is 0 Å². The van der Waals surface area contributed by atoms with E-state index < -0.39 is 0 Å². The summed E-state index contributed by atoms with van der Waals surface area (Å²) in [5.74, 6) is 0. The lowest BCUT2D eigenvalue weighted by Crippen LogP contribution is -2.25. The molecule has 0 bridgehead atoms. The summed E-state index contributed by atoms with van der Waals surface area (Å²) in [6, 6.07) is 2.10. The van der Waals surface area contributed by atoms with Crippen molar-refractivity contribution in [2.45, 2.75) is 38.3 Å². The third-order valence-corrected chi connectivity index (χ3v) is 2.91. The minimum absolute atomic E-state index is 0.498. The fourth-order valence-electron chi connectivity index (χ4n) is 2.00. The van der Waals surface area contributed by atoms with Crippen molar-refractivity contribution in [3.8, 4) is 0 Å². The topological polar surface area (TPSA) is 37.0 Å². The van der Waals surface area contributed by atoms with E-state index in [0.717, 1.165) is 26.1 Å². The van der Waals surface area contributed by atoms with Crippen LogP contribution in [0, 0.1) is 0 Å². The van der Waals surface area contributed by atoms with E-state index in [4.69, 9.17) is 4.74 Å². The SMILES string of the molecule is c1cc(CNCCC2CCCCO2)c[nH]1. The van der Waals surface area contributed by atoms with E-state index in [2.05, 4.69) is 16.4 Å². The van der Waals surface area contributed by atoms with E-state index in [1.165, 1.54) is 24.8 Å². The Bertz CT molecular complexity index is 253. The molecule has 1 aliphatic heterocycles. The van der Waals surface area contributed by atoms with E-state index in [1.54, 1.807) is 0 Å². The van der Waals surface area contributed by atoms with Crippen LogP contribution >= 0.6 is 0 Å². The van der Waals surface area contributed by atoms with Crippen molar-refractivity contribution < 1.29 is 4.74 Å². The zero-order valence-electron chi connectivity index (χ0n) is 9.17. The van der Waals surface area contributed by atoms with Gasteiger partial charge in [0.1, 0.15) is 0 Å². The van der Waals surface area contributed by atoms with Crippen LogP contribution in [0.2, 0.25) is 0 Å². The summed E-state index contributed by atoms with van der Waals surface area (Å²) in [5.41, 5.74) is 1.32. The highest BCUT2D eigenvalue weighted by molar-refractivity contribution is 5.07. The molecule has 1 aromatic rings. The van der Waals surface area contributed by atoms with Gasteiger partial charge in [0.05, 0.1) is 6.10 Å². The molecular weight excluding hydrogens is 188 g/mol. The van der Waals surface area contributed by atoms with Crippen LogP contribution in [-0.4, -0.2) is 24.2 Å². The molecule has 2 heterocycles. The first-order valence-electron chi connectivity index (χ1n) is 5.89. The molecule has 84 valence electrons. The molecule has 3 heteroatoms. The second-order valence-electron chi connectivity index (χ2n) is 4.17. The van der Waals surface area contributed by atoms with Crippen LogP contribution in [0.25, 0.3) is 0 Å². The number of rotatable bonds is 5. The van der Waals surface area contributed by atoms with E-state index in [9.17, 15) is 0 Å². The minimum atomic E-state index is 0.498. The summed E-state index contributed by atoms with van der Waals surface area (Å²) in [6.45, 7) is 2.97. The van der Waals surface area contributed by atoms with Gasteiger partial charge in [-0.15, -0.1) is 0 Å². The smallest absolute Gasteiger partial charge is 0.0587 e. The Hall–Kier alpha value is -0.800. The molecule has 0 amide bonds. The molecule has 1 aliphatic rings. The van der Waals surface area contributed by atoms with Crippen LogP contribution in [0.3, 0.4) is 0 Å². The van der Waals surface area contributed by atoms with Crippen molar-refractivity contribution in [2.24, 2.45) is 0 Å². The third-order valence-electron chi connectivity index (χ3n) is 2.91. The highest BCUT2D eigenvalue weighted by Gasteiger charge is 2.12. The number of hydrogen-bond acceptors (Lipinski definition) is 2. The number of ether oxygens (including phenoxy) is 1. The molecule has 0 spiro atoms. The first-order valence-corrected chi connectivity index (χ1v) is 5.89. The molecule has 0 aliphatic carbocycles. The summed E-state index contributed by atoms with van der Waals surface area (Å²) in [7, 11) is 0. The Kier molecular flexibility index (Phi) is 4.23. The Morgan fingerprint density at radius 1 is 1.47 bits per heavy atom. The summed E-state index contributed by atoms with van der Waals surface area (Å²) in [4.78, 5) is 3.06. The van der Waals surface area contributed by atoms with Crippen LogP contribution in [0.4, 0.5) is 0 Å².